The van der Waals surface area contributed by atoms with Crippen LogP contribution in [0.4, 0.5) is 4.79 Å². The number of amides is 3. The summed E-state index contributed by atoms with van der Waals surface area (Å²) >= 11 is 5.52. The number of halogens is 1. The molecule has 0 saturated heterocycles. The number of methoxy groups -OCH3 is 1. The van der Waals surface area contributed by atoms with Crippen molar-refractivity contribution in [2.45, 2.75) is 52.6 Å². The van der Waals surface area contributed by atoms with Gasteiger partial charge in [-0.15, -0.1) is 16.5 Å². The highest BCUT2D eigenvalue weighted by Gasteiger charge is 2.31. The second kappa shape index (κ2) is 12.5. The molecule has 0 aliphatic rings. The summed E-state index contributed by atoms with van der Waals surface area (Å²) in [6, 6.07) is -2.58. The first kappa shape index (κ1) is 24.1. The van der Waals surface area contributed by atoms with E-state index in [9.17, 15) is 19.3 Å². The Morgan fingerprint density at radius 2 is 1.81 bits per heavy atom. The zero-order valence-electron chi connectivity index (χ0n) is 16.0. The third kappa shape index (κ3) is 7.99. The van der Waals surface area contributed by atoms with Gasteiger partial charge in [-0.05, 0) is 18.3 Å². The second-order valence-electron chi connectivity index (χ2n) is 6.42. The average molecular weight is 393 g/mol. The Bertz CT molecular complexity index is 489. The minimum absolute atomic E-state index is 0.0260. The van der Waals surface area contributed by atoms with Crippen molar-refractivity contribution in [2.24, 2.45) is 17.1 Å². The van der Waals surface area contributed by atoms with E-state index < -0.39 is 30.0 Å². The zero-order valence-corrected chi connectivity index (χ0v) is 16.7. The van der Waals surface area contributed by atoms with Crippen molar-refractivity contribution in [1.29, 1.82) is 0 Å². The number of nitrogens with one attached hydrogen (secondary N) is 2. The predicted octanol–water partition coefficient (Wildman–Crippen LogP) is 2.04. The molecule has 0 rings (SSSR count). The summed E-state index contributed by atoms with van der Waals surface area (Å²) in [5.41, 5.74) is 0. The summed E-state index contributed by atoms with van der Waals surface area (Å²) in [6.07, 6.45) is 0.989. The fraction of sp³-hybridized carbons (Fsp3) is 0.812. The van der Waals surface area contributed by atoms with Crippen LogP contribution in [0.15, 0.2) is 5.29 Å². The number of nitroso groups, excluding NO2 is 1. The van der Waals surface area contributed by atoms with Crippen LogP contribution >= 0.6 is 11.6 Å². The van der Waals surface area contributed by atoms with Crippen LogP contribution in [0.2, 0.25) is 0 Å². The summed E-state index contributed by atoms with van der Waals surface area (Å²) in [6.45, 7) is 7.38. The lowest BCUT2D eigenvalue weighted by atomic mass is 9.97. The molecule has 0 unspecified atom stereocenters. The number of carbonyl (C=O) groups excluding carboxylic acids is 3. The van der Waals surface area contributed by atoms with Gasteiger partial charge in [0.1, 0.15) is 12.1 Å². The van der Waals surface area contributed by atoms with Crippen molar-refractivity contribution in [3.8, 4) is 0 Å². The van der Waals surface area contributed by atoms with E-state index in [1.165, 1.54) is 7.11 Å². The van der Waals surface area contributed by atoms with Gasteiger partial charge in [-0.2, -0.15) is 5.01 Å². The predicted molar refractivity (Wildman–Crippen MR) is 98.4 cm³/mol. The maximum absolute atomic E-state index is 12.7. The van der Waals surface area contributed by atoms with Crippen molar-refractivity contribution < 1.29 is 19.1 Å². The smallest absolute Gasteiger partial charge is 0.341 e. The van der Waals surface area contributed by atoms with Gasteiger partial charge in [0.05, 0.1) is 18.9 Å². The van der Waals surface area contributed by atoms with Crippen molar-refractivity contribution >= 4 is 29.5 Å². The summed E-state index contributed by atoms with van der Waals surface area (Å²) < 4.78 is 4.73. The van der Waals surface area contributed by atoms with E-state index in [1.807, 2.05) is 20.8 Å². The maximum Gasteiger partial charge on any atom is 0.341 e. The molecule has 0 spiro atoms. The summed E-state index contributed by atoms with van der Waals surface area (Å²) in [5, 5.41) is 8.33. The Morgan fingerprint density at radius 3 is 2.23 bits per heavy atom. The molecule has 26 heavy (non-hydrogen) atoms. The topological polar surface area (TPSA) is 117 Å². The van der Waals surface area contributed by atoms with E-state index in [2.05, 4.69) is 15.9 Å². The lowest BCUT2D eigenvalue weighted by Crippen LogP contribution is -2.56. The average Bonchev–Trinajstić information content (AvgIpc) is 2.61. The molecule has 9 nitrogen and oxygen atoms in total. The molecular formula is C16H29ClN4O5. The molecule has 0 aromatic rings. The minimum atomic E-state index is -0.939. The number of esters is 1. The van der Waals surface area contributed by atoms with Gasteiger partial charge in [-0.25, -0.2) is 9.59 Å². The van der Waals surface area contributed by atoms with E-state index in [-0.39, 0.29) is 24.3 Å². The SMILES string of the molecule is CC[C@H](C)[C@H](NC(=O)N(CCCl)N=O)C(=O)N[C@@H](CC(C)C)C(=O)OC. The zero-order chi connectivity index (χ0) is 20.3. The molecule has 0 aliphatic carbocycles. The third-order valence-corrected chi connectivity index (χ3v) is 4.08. The first-order valence-electron chi connectivity index (χ1n) is 8.57. The Hall–Kier alpha value is -1.90. The molecule has 0 aromatic heterocycles. The number of alkyl halides is 1. The highest BCUT2D eigenvalue weighted by Crippen LogP contribution is 2.12. The van der Waals surface area contributed by atoms with Gasteiger partial charge in [0.25, 0.3) is 0 Å². The molecule has 0 aliphatic heterocycles. The van der Waals surface area contributed by atoms with Gasteiger partial charge in [0.2, 0.25) is 5.91 Å². The molecule has 2 N–H and O–H groups in total. The number of rotatable bonds is 11. The first-order chi connectivity index (χ1) is 12.2. The number of nitrogens with zero attached hydrogens (tertiary/aromatic N) is 2. The van der Waals surface area contributed by atoms with Gasteiger partial charge in [0, 0.05) is 5.88 Å². The normalized spacial score (nSPS) is 14.1. The molecule has 0 aromatic carbocycles. The lowest BCUT2D eigenvalue weighted by Gasteiger charge is -2.27. The van der Waals surface area contributed by atoms with Gasteiger partial charge in [0.15, 0.2) is 0 Å². The van der Waals surface area contributed by atoms with E-state index >= 15 is 0 Å². The Labute approximate surface area is 159 Å². The number of hydrogen-bond acceptors (Lipinski definition) is 6. The minimum Gasteiger partial charge on any atom is -0.467 e. The summed E-state index contributed by atoms with van der Waals surface area (Å²) in [5.74, 6) is -1.14. The first-order valence-corrected chi connectivity index (χ1v) is 9.10. The molecule has 3 atom stereocenters. The number of urea groups is 1. The molecule has 0 bridgehead atoms. The van der Waals surface area contributed by atoms with Crippen molar-refractivity contribution in [3.05, 3.63) is 4.91 Å². The van der Waals surface area contributed by atoms with Gasteiger partial charge in [-0.3, -0.25) is 4.79 Å². The Balaban J connectivity index is 5.26. The summed E-state index contributed by atoms with van der Waals surface area (Å²) in [4.78, 5) is 47.5. The van der Waals surface area contributed by atoms with Gasteiger partial charge in [-0.1, -0.05) is 34.1 Å². The monoisotopic (exact) mass is 392 g/mol. The van der Waals surface area contributed by atoms with E-state index in [1.54, 1.807) is 6.92 Å². The van der Waals surface area contributed by atoms with E-state index in [4.69, 9.17) is 16.3 Å². The largest absolute Gasteiger partial charge is 0.467 e. The Kier molecular flexibility index (Phi) is 11.5. The second-order valence-corrected chi connectivity index (χ2v) is 6.80. The number of carbonyl (C=O) groups is 3. The molecule has 3 amide bonds. The molecule has 0 fully saturated rings. The highest BCUT2D eigenvalue weighted by atomic mass is 35.5. The summed E-state index contributed by atoms with van der Waals surface area (Å²) in [7, 11) is 1.25. The van der Waals surface area contributed by atoms with Crippen LogP contribution in [0.1, 0.15) is 40.5 Å². The number of ether oxygens (including phenoxy) is 1. The standard InChI is InChI=1S/C16H29ClN4O5/c1-6-11(4)13(19-16(24)21(20-25)8-7-17)14(22)18-12(9-10(2)3)15(23)26-5/h10-13H,6-9H2,1-5H3,(H,18,22)(H,19,24)/t11-,12-,13-/m0/s1. The molecule has 0 heterocycles. The quantitative estimate of drug-likeness (QED) is 0.241. The number of hydrogen-bond donors (Lipinski definition) is 2. The molecular weight excluding hydrogens is 364 g/mol. The highest BCUT2D eigenvalue weighted by molar-refractivity contribution is 6.18. The van der Waals surface area contributed by atoms with Crippen LogP contribution in [0.3, 0.4) is 0 Å². The fourth-order valence-electron chi connectivity index (χ4n) is 2.26. The van der Waals surface area contributed by atoms with Crippen molar-refractivity contribution in [1.82, 2.24) is 15.6 Å². The fourth-order valence-corrected chi connectivity index (χ4v) is 2.42. The molecule has 10 heteroatoms. The van der Waals surface area contributed by atoms with Crippen LogP contribution in [-0.4, -0.2) is 54.5 Å². The van der Waals surface area contributed by atoms with Crippen LogP contribution in [0.25, 0.3) is 0 Å². The van der Waals surface area contributed by atoms with E-state index in [0.717, 1.165) is 0 Å². The molecule has 0 radical (unpaired) electrons. The lowest BCUT2D eigenvalue weighted by molar-refractivity contribution is -0.145. The van der Waals surface area contributed by atoms with Crippen LogP contribution in [0, 0.1) is 16.7 Å². The maximum atomic E-state index is 12.7. The third-order valence-electron chi connectivity index (χ3n) is 3.91. The van der Waals surface area contributed by atoms with Crippen LogP contribution < -0.4 is 10.6 Å². The van der Waals surface area contributed by atoms with E-state index in [0.29, 0.717) is 17.9 Å². The van der Waals surface area contributed by atoms with Crippen molar-refractivity contribution in [2.75, 3.05) is 19.5 Å². The van der Waals surface area contributed by atoms with Gasteiger partial charge < -0.3 is 15.4 Å². The van der Waals surface area contributed by atoms with Crippen LogP contribution in [0.5, 0.6) is 0 Å². The molecule has 150 valence electrons. The molecule has 0 saturated carbocycles. The Morgan fingerprint density at radius 1 is 1.19 bits per heavy atom. The van der Waals surface area contributed by atoms with Crippen LogP contribution in [-0.2, 0) is 14.3 Å². The van der Waals surface area contributed by atoms with Gasteiger partial charge >= 0.3 is 12.0 Å². The van der Waals surface area contributed by atoms with Crippen molar-refractivity contribution in [3.63, 3.8) is 0 Å².